The van der Waals surface area contributed by atoms with E-state index >= 15 is 0 Å². The van der Waals surface area contributed by atoms with Gasteiger partial charge in [-0.05, 0) is 39.3 Å². The molecule has 0 radical (unpaired) electrons. The van der Waals surface area contributed by atoms with Gasteiger partial charge in [0.05, 0.1) is 23.0 Å². The molecule has 3 N–H and O–H groups in total. The fourth-order valence-electron chi connectivity index (χ4n) is 2.71. The van der Waals surface area contributed by atoms with Crippen molar-refractivity contribution in [3.63, 3.8) is 0 Å². The minimum absolute atomic E-state index is 0.149. The van der Waals surface area contributed by atoms with E-state index in [0.717, 1.165) is 5.13 Å². The third-order valence-corrected chi connectivity index (χ3v) is 6.23. The van der Waals surface area contributed by atoms with Gasteiger partial charge in [0.1, 0.15) is 5.75 Å². The second-order valence-electron chi connectivity index (χ2n) is 7.33. The van der Waals surface area contributed by atoms with Crippen molar-refractivity contribution in [3.8, 4) is 17.1 Å². The molecule has 0 bridgehead atoms. The van der Waals surface area contributed by atoms with Crippen molar-refractivity contribution in [3.05, 3.63) is 39.9 Å². The molecule has 30 heavy (non-hydrogen) atoms. The summed E-state index contributed by atoms with van der Waals surface area (Å²) in [5.74, 6) is 0.359. The van der Waals surface area contributed by atoms with Crippen LogP contribution < -0.4 is 15.5 Å². The maximum absolute atomic E-state index is 12.5. The summed E-state index contributed by atoms with van der Waals surface area (Å²) in [6.45, 7) is 7.65. The molecule has 0 spiro atoms. The number of aromatic nitrogens is 2. The van der Waals surface area contributed by atoms with E-state index in [0.29, 0.717) is 34.5 Å². The average molecular weight is 451 g/mol. The Morgan fingerprint density at radius 2 is 2.07 bits per heavy atom. The Morgan fingerprint density at radius 3 is 2.77 bits per heavy atom. The van der Waals surface area contributed by atoms with Gasteiger partial charge in [0.2, 0.25) is 0 Å². The highest BCUT2D eigenvalue weighted by Crippen LogP contribution is 2.43. The van der Waals surface area contributed by atoms with Crippen molar-refractivity contribution in [1.29, 1.82) is 0 Å². The fraction of sp³-hybridized carbons (Fsp3) is 0.400. The van der Waals surface area contributed by atoms with Gasteiger partial charge in [-0.2, -0.15) is 0 Å². The predicted octanol–water partition coefficient (Wildman–Crippen LogP) is 4.81. The summed E-state index contributed by atoms with van der Waals surface area (Å²) in [5.41, 5.74) is 1.66. The minimum Gasteiger partial charge on any atom is -0.481 e. The second kappa shape index (κ2) is 9.31. The van der Waals surface area contributed by atoms with Crippen molar-refractivity contribution in [1.82, 2.24) is 9.97 Å². The maximum atomic E-state index is 12.5. The molecule has 10 heteroatoms. The highest BCUT2D eigenvalue weighted by Gasteiger charge is 2.23. The van der Waals surface area contributed by atoms with Crippen molar-refractivity contribution >= 4 is 35.0 Å². The van der Waals surface area contributed by atoms with Crippen molar-refractivity contribution in [2.45, 2.75) is 46.3 Å². The third kappa shape index (κ3) is 5.70. The molecule has 2 atom stereocenters. The zero-order valence-corrected chi connectivity index (χ0v) is 19.0. The van der Waals surface area contributed by atoms with Crippen LogP contribution in [0.15, 0.2) is 34.4 Å². The fourth-order valence-corrected chi connectivity index (χ4v) is 4.65. The van der Waals surface area contributed by atoms with Gasteiger partial charge >= 0.3 is 7.60 Å². The summed E-state index contributed by atoms with van der Waals surface area (Å²) < 4.78 is 22.7. The van der Waals surface area contributed by atoms with E-state index in [9.17, 15) is 14.3 Å². The zero-order valence-electron chi connectivity index (χ0n) is 17.3. The SMILES string of the molecule is CCC(C)OP(=O)(O)COc1ccc2c(=O)cc(-c3csc(NC(C)C)n3)[nH]c2c1. The summed E-state index contributed by atoms with van der Waals surface area (Å²) in [5, 5.41) is 6.38. The number of aromatic amines is 1. The van der Waals surface area contributed by atoms with E-state index in [1.54, 1.807) is 25.1 Å². The molecule has 0 saturated heterocycles. The van der Waals surface area contributed by atoms with Crippen molar-refractivity contribution in [2.75, 3.05) is 11.7 Å². The van der Waals surface area contributed by atoms with Crippen LogP contribution in [0.2, 0.25) is 0 Å². The topological polar surface area (TPSA) is 114 Å². The maximum Gasteiger partial charge on any atom is 0.365 e. The van der Waals surface area contributed by atoms with E-state index in [4.69, 9.17) is 9.26 Å². The largest absolute Gasteiger partial charge is 0.481 e. The minimum atomic E-state index is -3.88. The summed E-state index contributed by atoms with van der Waals surface area (Å²) in [6.07, 6.45) is -0.188. The molecule has 1 aromatic carbocycles. The Labute approximate surface area is 178 Å². The number of nitrogens with one attached hydrogen (secondary N) is 2. The molecule has 8 nitrogen and oxygen atoms in total. The van der Waals surface area contributed by atoms with Crippen LogP contribution in [-0.4, -0.2) is 33.4 Å². The van der Waals surface area contributed by atoms with Crippen LogP contribution in [0.1, 0.15) is 34.1 Å². The van der Waals surface area contributed by atoms with Gasteiger partial charge in [-0.1, -0.05) is 6.92 Å². The van der Waals surface area contributed by atoms with Gasteiger partial charge in [-0.15, -0.1) is 11.3 Å². The Kier molecular flexibility index (Phi) is 6.98. The lowest BCUT2D eigenvalue weighted by Crippen LogP contribution is -2.09. The Morgan fingerprint density at radius 1 is 1.30 bits per heavy atom. The van der Waals surface area contributed by atoms with E-state index < -0.39 is 13.9 Å². The molecule has 2 heterocycles. The summed E-state index contributed by atoms with van der Waals surface area (Å²) in [6, 6.07) is 6.61. The highest BCUT2D eigenvalue weighted by molar-refractivity contribution is 7.52. The average Bonchev–Trinajstić information content (AvgIpc) is 3.13. The molecule has 0 aliphatic carbocycles. The van der Waals surface area contributed by atoms with Crippen LogP contribution in [0.25, 0.3) is 22.3 Å². The van der Waals surface area contributed by atoms with Gasteiger partial charge in [-0.25, -0.2) is 4.98 Å². The number of ether oxygens (including phenoxy) is 1. The number of pyridine rings is 1. The first-order valence-corrected chi connectivity index (χ1v) is 12.3. The number of thiazole rings is 1. The van der Waals surface area contributed by atoms with Crippen molar-refractivity contribution < 1.29 is 18.7 Å². The lowest BCUT2D eigenvalue weighted by Gasteiger charge is -2.17. The summed E-state index contributed by atoms with van der Waals surface area (Å²) in [7, 11) is -3.88. The van der Waals surface area contributed by atoms with Crippen LogP contribution >= 0.6 is 18.9 Å². The number of anilines is 1. The number of hydrogen-bond donors (Lipinski definition) is 3. The molecule has 0 saturated carbocycles. The standard InChI is InChI=1S/C20H26N3O5PS/c1-5-13(4)28-29(25,26)11-27-14-6-7-15-16(8-14)22-17(9-19(15)24)18-10-30-20(23-18)21-12(2)3/h6-10,12-13H,5,11H2,1-4H3,(H,21,23)(H,22,24)(H,25,26). The van der Waals surface area contributed by atoms with Gasteiger partial charge in [0.25, 0.3) is 0 Å². The van der Waals surface area contributed by atoms with Crippen molar-refractivity contribution in [2.24, 2.45) is 0 Å². The van der Waals surface area contributed by atoms with E-state index in [1.807, 2.05) is 26.2 Å². The molecular weight excluding hydrogens is 425 g/mol. The molecule has 2 aromatic heterocycles. The molecule has 3 aromatic rings. The second-order valence-corrected chi connectivity index (χ2v) is 9.93. The number of nitrogens with zero attached hydrogens (tertiary/aromatic N) is 1. The van der Waals surface area contributed by atoms with Crippen LogP contribution in [0.3, 0.4) is 0 Å². The third-order valence-electron chi connectivity index (χ3n) is 4.31. The van der Waals surface area contributed by atoms with Gasteiger partial charge in [0.15, 0.2) is 16.9 Å². The first-order chi connectivity index (χ1) is 14.2. The molecule has 162 valence electrons. The van der Waals surface area contributed by atoms with Crippen LogP contribution in [-0.2, 0) is 9.09 Å². The van der Waals surface area contributed by atoms with E-state index in [1.165, 1.54) is 17.4 Å². The predicted molar refractivity (Wildman–Crippen MR) is 121 cm³/mol. The Balaban J connectivity index is 1.84. The lowest BCUT2D eigenvalue weighted by atomic mass is 10.1. The van der Waals surface area contributed by atoms with E-state index in [2.05, 4.69) is 15.3 Å². The van der Waals surface area contributed by atoms with Gasteiger partial charge < -0.3 is 24.5 Å². The van der Waals surface area contributed by atoms with Gasteiger partial charge in [-0.3, -0.25) is 9.36 Å². The van der Waals surface area contributed by atoms with Gasteiger partial charge in [0, 0.05) is 28.9 Å². The highest BCUT2D eigenvalue weighted by atomic mass is 32.1. The summed E-state index contributed by atoms with van der Waals surface area (Å²) >= 11 is 1.46. The first-order valence-electron chi connectivity index (χ1n) is 9.69. The molecule has 0 amide bonds. The molecule has 2 unspecified atom stereocenters. The monoisotopic (exact) mass is 451 g/mol. The number of hydrogen-bond acceptors (Lipinski definition) is 7. The number of rotatable bonds is 9. The number of H-pyrrole nitrogens is 1. The first kappa shape index (κ1) is 22.5. The smallest absolute Gasteiger partial charge is 0.365 e. The zero-order chi connectivity index (χ0) is 21.9. The molecular formula is C20H26N3O5PS. The normalized spacial score (nSPS) is 14.6. The molecule has 0 fully saturated rings. The molecule has 3 rings (SSSR count). The lowest BCUT2D eigenvalue weighted by molar-refractivity contribution is 0.170. The van der Waals surface area contributed by atoms with Crippen LogP contribution in [0.5, 0.6) is 5.75 Å². The summed E-state index contributed by atoms with van der Waals surface area (Å²) in [4.78, 5) is 30.2. The number of fused-ring (bicyclic) bond motifs is 1. The van der Waals surface area contributed by atoms with Crippen LogP contribution in [0, 0.1) is 0 Å². The Hall–Kier alpha value is -2.19. The molecule has 0 aliphatic rings. The number of benzene rings is 1. The Bertz CT molecular complexity index is 1130. The quantitative estimate of drug-likeness (QED) is 0.400. The van der Waals surface area contributed by atoms with E-state index in [-0.39, 0.29) is 17.6 Å². The molecule has 0 aliphatic heterocycles. The van der Waals surface area contributed by atoms with Crippen LogP contribution in [0.4, 0.5) is 5.13 Å².